The second kappa shape index (κ2) is 4.31. The maximum Gasteiger partial charge on any atom is 0.0346 e. The summed E-state index contributed by atoms with van der Waals surface area (Å²) in [5.41, 5.74) is 1.48. The standard InChI is InChI=1S/C17H20N2/c1-19-14-6-7-15(19)9-13(8-14)17-11-18-10-12-4-2-3-5-16(12)17/h2-5,10-11,13-15H,6-9H2,1H3. The van der Waals surface area contributed by atoms with Gasteiger partial charge in [0.25, 0.3) is 0 Å². The zero-order valence-corrected chi connectivity index (χ0v) is 11.4. The highest BCUT2D eigenvalue weighted by molar-refractivity contribution is 5.85. The van der Waals surface area contributed by atoms with Crippen LogP contribution >= 0.6 is 0 Å². The third kappa shape index (κ3) is 1.78. The molecule has 2 fully saturated rings. The Morgan fingerprint density at radius 2 is 1.79 bits per heavy atom. The number of hydrogen-bond donors (Lipinski definition) is 0. The van der Waals surface area contributed by atoms with Crippen LogP contribution in [0, 0.1) is 0 Å². The van der Waals surface area contributed by atoms with Crippen molar-refractivity contribution in [3.63, 3.8) is 0 Å². The van der Waals surface area contributed by atoms with Crippen molar-refractivity contribution < 1.29 is 0 Å². The van der Waals surface area contributed by atoms with Gasteiger partial charge in [-0.3, -0.25) is 4.98 Å². The van der Waals surface area contributed by atoms with Gasteiger partial charge in [-0.1, -0.05) is 24.3 Å². The molecule has 2 saturated heterocycles. The molecule has 2 nitrogen and oxygen atoms in total. The van der Waals surface area contributed by atoms with E-state index in [0.717, 1.165) is 12.1 Å². The molecule has 4 rings (SSSR count). The number of aromatic nitrogens is 1. The van der Waals surface area contributed by atoms with Crippen LogP contribution in [0.25, 0.3) is 10.8 Å². The van der Waals surface area contributed by atoms with E-state index in [4.69, 9.17) is 0 Å². The van der Waals surface area contributed by atoms with Crippen molar-refractivity contribution >= 4 is 10.8 Å². The maximum atomic E-state index is 4.46. The lowest BCUT2D eigenvalue weighted by atomic mass is 9.84. The van der Waals surface area contributed by atoms with Gasteiger partial charge in [0.05, 0.1) is 0 Å². The van der Waals surface area contributed by atoms with E-state index in [1.165, 1.54) is 42.0 Å². The molecule has 2 aliphatic heterocycles. The fraction of sp³-hybridized carbons (Fsp3) is 0.471. The first-order valence-electron chi connectivity index (χ1n) is 7.37. The molecule has 19 heavy (non-hydrogen) atoms. The molecule has 0 N–H and O–H groups in total. The van der Waals surface area contributed by atoms with E-state index in [9.17, 15) is 0 Å². The zero-order valence-electron chi connectivity index (χ0n) is 11.4. The molecule has 3 heterocycles. The molecule has 0 amide bonds. The molecular formula is C17H20N2. The Morgan fingerprint density at radius 1 is 1.05 bits per heavy atom. The third-order valence-electron chi connectivity index (χ3n) is 5.24. The Bertz CT molecular complexity index is 588. The van der Waals surface area contributed by atoms with E-state index in [2.05, 4.69) is 47.4 Å². The molecule has 0 aliphatic carbocycles. The summed E-state index contributed by atoms with van der Waals surface area (Å²) >= 11 is 0. The molecule has 98 valence electrons. The lowest BCUT2D eigenvalue weighted by Gasteiger charge is -2.36. The van der Waals surface area contributed by atoms with Crippen molar-refractivity contribution in [1.29, 1.82) is 0 Å². The van der Waals surface area contributed by atoms with Crippen LogP contribution in [0.4, 0.5) is 0 Å². The SMILES string of the molecule is CN1C2CCC1CC(c1cncc3ccccc13)C2. The number of benzene rings is 1. The minimum Gasteiger partial charge on any atom is -0.300 e. The maximum absolute atomic E-state index is 4.46. The second-order valence-electron chi connectivity index (χ2n) is 6.17. The van der Waals surface area contributed by atoms with E-state index < -0.39 is 0 Å². The molecule has 1 aromatic heterocycles. The molecule has 2 aromatic rings. The highest BCUT2D eigenvalue weighted by atomic mass is 15.2. The first-order valence-corrected chi connectivity index (χ1v) is 7.37. The molecule has 2 unspecified atom stereocenters. The number of nitrogens with zero attached hydrogens (tertiary/aromatic N) is 2. The van der Waals surface area contributed by atoms with Gasteiger partial charge in [-0.05, 0) is 49.6 Å². The summed E-state index contributed by atoms with van der Waals surface area (Å²) in [4.78, 5) is 7.07. The highest BCUT2D eigenvalue weighted by Crippen LogP contribution is 2.43. The molecule has 0 spiro atoms. The second-order valence-corrected chi connectivity index (χ2v) is 6.17. The van der Waals surface area contributed by atoms with E-state index >= 15 is 0 Å². The summed E-state index contributed by atoms with van der Waals surface area (Å²) in [5, 5.41) is 2.69. The Hall–Kier alpha value is -1.41. The summed E-state index contributed by atoms with van der Waals surface area (Å²) in [6.07, 6.45) is 9.48. The lowest BCUT2D eigenvalue weighted by Crippen LogP contribution is -2.39. The minimum atomic E-state index is 0.701. The van der Waals surface area contributed by atoms with Crippen molar-refractivity contribution in [2.75, 3.05) is 7.05 Å². The van der Waals surface area contributed by atoms with Crippen LogP contribution in [0.2, 0.25) is 0 Å². The van der Waals surface area contributed by atoms with Crippen molar-refractivity contribution in [1.82, 2.24) is 9.88 Å². The van der Waals surface area contributed by atoms with Gasteiger partial charge in [0.2, 0.25) is 0 Å². The topological polar surface area (TPSA) is 16.1 Å². The monoisotopic (exact) mass is 252 g/mol. The third-order valence-corrected chi connectivity index (χ3v) is 5.24. The predicted molar refractivity (Wildman–Crippen MR) is 78.3 cm³/mol. The van der Waals surface area contributed by atoms with E-state index in [-0.39, 0.29) is 0 Å². The van der Waals surface area contributed by atoms with Crippen LogP contribution in [-0.2, 0) is 0 Å². The van der Waals surface area contributed by atoms with E-state index in [1.54, 1.807) is 0 Å². The predicted octanol–water partition coefficient (Wildman–Crippen LogP) is 3.58. The fourth-order valence-corrected chi connectivity index (χ4v) is 4.13. The van der Waals surface area contributed by atoms with Gasteiger partial charge < -0.3 is 4.90 Å². The van der Waals surface area contributed by atoms with E-state index in [1.807, 2.05) is 6.20 Å². The smallest absolute Gasteiger partial charge is 0.0346 e. The first kappa shape index (κ1) is 11.4. The first-order chi connectivity index (χ1) is 9.33. The summed E-state index contributed by atoms with van der Waals surface area (Å²) in [6, 6.07) is 10.3. The minimum absolute atomic E-state index is 0.701. The number of hydrogen-bond acceptors (Lipinski definition) is 2. The van der Waals surface area contributed by atoms with Gasteiger partial charge in [0, 0.05) is 29.9 Å². The van der Waals surface area contributed by atoms with Crippen molar-refractivity contribution in [3.05, 3.63) is 42.2 Å². The molecule has 0 radical (unpaired) electrons. The summed E-state index contributed by atoms with van der Waals surface area (Å²) in [6.45, 7) is 0. The van der Waals surface area contributed by atoms with Crippen LogP contribution < -0.4 is 0 Å². The molecule has 2 heteroatoms. The Kier molecular flexibility index (Phi) is 2.59. The molecule has 2 bridgehead atoms. The summed E-state index contributed by atoms with van der Waals surface area (Å²) in [5.74, 6) is 0.701. The van der Waals surface area contributed by atoms with Crippen LogP contribution in [0.3, 0.4) is 0 Å². The average Bonchev–Trinajstić information content (AvgIpc) is 2.67. The van der Waals surface area contributed by atoms with Gasteiger partial charge in [0.1, 0.15) is 0 Å². The Morgan fingerprint density at radius 3 is 2.58 bits per heavy atom. The molecule has 2 aliphatic rings. The van der Waals surface area contributed by atoms with Crippen LogP contribution in [0.15, 0.2) is 36.7 Å². The Labute approximate surface area is 114 Å². The van der Waals surface area contributed by atoms with Crippen LogP contribution in [-0.4, -0.2) is 29.0 Å². The van der Waals surface area contributed by atoms with Crippen molar-refractivity contribution in [2.45, 2.75) is 43.7 Å². The zero-order chi connectivity index (χ0) is 12.8. The van der Waals surface area contributed by atoms with Gasteiger partial charge in [-0.25, -0.2) is 0 Å². The average molecular weight is 252 g/mol. The van der Waals surface area contributed by atoms with Crippen molar-refractivity contribution in [3.8, 4) is 0 Å². The van der Waals surface area contributed by atoms with Gasteiger partial charge in [-0.15, -0.1) is 0 Å². The van der Waals surface area contributed by atoms with Crippen LogP contribution in [0.5, 0.6) is 0 Å². The largest absolute Gasteiger partial charge is 0.300 e. The summed E-state index contributed by atoms with van der Waals surface area (Å²) < 4.78 is 0. The molecule has 1 aromatic carbocycles. The number of piperidine rings is 1. The van der Waals surface area contributed by atoms with Gasteiger partial charge in [-0.2, -0.15) is 0 Å². The molecular weight excluding hydrogens is 232 g/mol. The van der Waals surface area contributed by atoms with Gasteiger partial charge in [0.15, 0.2) is 0 Å². The Balaban J connectivity index is 1.75. The number of fused-ring (bicyclic) bond motifs is 3. The molecule has 2 atom stereocenters. The van der Waals surface area contributed by atoms with E-state index in [0.29, 0.717) is 5.92 Å². The highest BCUT2D eigenvalue weighted by Gasteiger charge is 2.39. The number of pyridine rings is 1. The lowest BCUT2D eigenvalue weighted by molar-refractivity contribution is 0.162. The normalized spacial score (nSPS) is 30.9. The summed E-state index contributed by atoms with van der Waals surface area (Å²) in [7, 11) is 2.31. The van der Waals surface area contributed by atoms with Gasteiger partial charge >= 0.3 is 0 Å². The molecule has 0 saturated carbocycles. The fourth-order valence-electron chi connectivity index (χ4n) is 4.13. The quantitative estimate of drug-likeness (QED) is 0.771. The number of rotatable bonds is 1. The van der Waals surface area contributed by atoms with Crippen LogP contribution in [0.1, 0.15) is 37.2 Å². The van der Waals surface area contributed by atoms with Crippen molar-refractivity contribution in [2.24, 2.45) is 0 Å².